The van der Waals surface area contributed by atoms with E-state index in [-0.39, 0.29) is 5.91 Å². The van der Waals surface area contributed by atoms with E-state index in [1.54, 1.807) is 11.9 Å². The van der Waals surface area contributed by atoms with Crippen LogP contribution in [0.5, 0.6) is 0 Å². The van der Waals surface area contributed by atoms with E-state index in [9.17, 15) is 4.79 Å². The molecule has 2 aromatic heterocycles. The minimum atomic E-state index is 0.0744. The summed E-state index contributed by atoms with van der Waals surface area (Å²) in [5.74, 6) is 0.749. The highest BCUT2D eigenvalue weighted by Gasteiger charge is 2.16. The van der Waals surface area contributed by atoms with Gasteiger partial charge < -0.3 is 9.42 Å². The molecule has 0 bridgehead atoms. The van der Waals surface area contributed by atoms with Gasteiger partial charge in [-0.1, -0.05) is 35.5 Å². The van der Waals surface area contributed by atoms with E-state index in [0.29, 0.717) is 25.1 Å². The topological polar surface area (TPSA) is 64.2 Å². The standard InChI is InChI=1S/C20H24N4O2/c1-14-18(15(2)24(4)21-14)10-11-20(25)23(3)13-17-12-19(22-26-17)16-8-6-5-7-9-16/h5-9,12H,10-11,13H2,1-4H3. The number of carbonyl (C=O) groups excluding carboxylic acids is 1. The summed E-state index contributed by atoms with van der Waals surface area (Å²) in [6.45, 7) is 4.42. The number of aromatic nitrogens is 3. The van der Waals surface area contributed by atoms with Crippen LogP contribution in [0, 0.1) is 13.8 Å². The Morgan fingerprint density at radius 3 is 2.62 bits per heavy atom. The Labute approximate surface area is 153 Å². The number of nitrogens with zero attached hydrogens (tertiary/aromatic N) is 4. The number of aryl methyl sites for hydroxylation is 2. The fourth-order valence-corrected chi connectivity index (χ4v) is 3.06. The molecule has 0 aliphatic carbocycles. The Kier molecular flexibility index (Phi) is 5.21. The molecule has 1 amide bonds. The lowest BCUT2D eigenvalue weighted by Crippen LogP contribution is -2.26. The van der Waals surface area contributed by atoms with Crippen LogP contribution in [0.25, 0.3) is 11.3 Å². The lowest BCUT2D eigenvalue weighted by Gasteiger charge is -2.15. The molecule has 136 valence electrons. The Morgan fingerprint density at radius 1 is 1.23 bits per heavy atom. The Bertz CT molecular complexity index is 896. The zero-order valence-corrected chi connectivity index (χ0v) is 15.7. The lowest BCUT2D eigenvalue weighted by molar-refractivity contribution is -0.130. The molecule has 3 aromatic rings. The molecule has 3 rings (SSSR count). The zero-order chi connectivity index (χ0) is 18.7. The second kappa shape index (κ2) is 7.56. The summed E-state index contributed by atoms with van der Waals surface area (Å²) in [6, 6.07) is 11.7. The molecule has 1 aromatic carbocycles. The Hall–Kier alpha value is -2.89. The van der Waals surface area contributed by atoms with Gasteiger partial charge in [-0.25, -0.2) is 0 Å². The first-order valence-corrected chi connectivity index (χ1v) is 8.69. The van der Waals surface area contributed by atoms with Crippen LogP contribution >= 0.6 is 0 Å². The zero-order valence-electron chi connectivity index (χ0n) is 15.7. The number of hydrogen-bond donors (Lipinski definition) is 0. The number of benzene rings is 1. The van der Waals surface area contributed by atoms with Crippen LogP contribution in [0.15, 0.2) is 40.9 Å². The molecule has 0 spiro atoms. The van der Waals surface area contributed by atoms with E-state index in [1.807, 2.05) is 62.0 Å². The van der Waals surface area contributed by atoms with Crippen molar-refractivity contribution in [1.82, 2.24) is 19.8 Å². The SMILES string of the molecule is Cc1nn(C)c(C)c1CCC(=O)N(C)Cc1cc(-c2ccccc2)no1. The summed E-state index contributed by atoms with van der Waals surface area (Å²) in [7, 11) is 3.71. The van der Waals surface area contributed by atoms with Crippen LogP contribution < -0.4 is 0 Å². The fourth-order valence-electron chi connectivity index (χ4n) is 3.06. The molecule has 0 N–H and O–H groups in total. The maximum Gasteiger partial charge on any atom is 0.223 e. The highest BCUT2D eigenvalue weighted by Crippen LogP contribution is 2.20. The van der Waals surface area contributed by atoms with Gasteiger partial charge in [-0.15, -0.1) is 0 Å². The average Bonchev–Trinajstić information content (AvgIpc) is 3.19. The van der Waals surface area contributed by atoms with Gasteiger partial charge in [0.05, 0.1) is 12.2 Å². The molecule has 26 heavy (non-hydrogen) atoms. The monoisotopic (exact) mass is 352 g/mol. The van der Waals surface area contributed by atoms with Crippen molar-refractivity contribution in [3.63, 3.8) is 0 Å². The summed E-state index contributed by atoms with van der Waals surface area (Å²) in [4.78, 5) is 14.1. The van der Waals surface area contributed by atoms with E-state index in [2.05, 4.69) is 10.3 Å². The van der Waals surface area contributed by atoms with Crippen LogP contribution in [0.3, 0.4) is 0 Å². The van der Waals surface area contributed by atoms with Gasteiger partial charge in [-0.05, 0) is 25.8 Å². The van der Waals surface area contributed by atoms with Crippen LogP contribution in [0.1, 0.15) is 29.1 Å². The van der Waals surface area contributed by atoms with Crippen molar-refractivity contribution in [2.45, 2.75) is 33.2 Å². The third kappa shape index (κ3) is 3.85. The van der Waals surface area contributed by atoms with Gasteiger partial charge in [-0.2, -0.15) is 5.10 Å². The van der Waals surface area contributed by atoms with Gasteiger partial charge in [0.1, 0.15) is 5.69 Å². The highest BCUT2D eigenvalue weighted by molar-refractivity contribution is 5.76. The van der Waals surface area contributed by atoms with E-state index in [1.165, 1.54) is 0 Å². The van der Waals surface area contributed by atoms with E-state index in [4.69, 9.17) is 4.52 Å². The molecule has 0 saturated carbocycles. The number of hydrogen-bond acceptors (Lipinski definition) is 4. The maximum absolute atomic E-state index is 12.5. The molecule has 0 unspecified atom stereocenters. The van der Waals surface area contributed by atoms with Crippen molar-refractivity contribution in [1.29, 1.82) is 0 Å². The second-order valence-electron chi connectivity index (χ2n) is 6.57. The molecule has 0 fully saturated rings. The first-order valence-electron chi connectivity index (χ1n) is 8.69. The third-order valence-electron chi connectivity index (χ3n) is 4.70. The molecule has 2 heterocycles. The smallest absolute Gasteiger partial charge is 0.223 e. The van der Waals surface area contributed by atoms with Gasteiger partial charge in [0.15, 0.2) is 5.76 Å². The normalized spacial score (nSPS) is 10.9. The van der Waals surface area contributed by atoms with E-state index < -0.39 is 0 Å². The molecule has 6 nitrogen and oxygen atoms in total. The number of carbonyl (C=O) groups is 1. The molecular weight excluding hydrogens is 328 g/mol. The van der Waals surface area contributed by atoms with E-state index >= 15 is 0 Å². The minimum Gasteiger partial charge on any atom is -0.359 e. The summed E-state index contributed by atoms with van der Waals surface area (Å²) < 4.78 is 7.25. The van der Waals surface area contributed by atoms with Gasteiger partial charge in [0, 0.05) is 37.8 Å². The van der Waals surface area contributed by atoms with Crippen LogP contribution in [-0.4, -0.2) is 32.8 Å². The Morgan fingerprint density at radius 2 is 1.96 bits per heavy atom. The average molecular weight is 352 g/mol. The van der Waals surface area contributed by atoms with Crippen molar-refractivity contribution >= 4 is 5.91 Å². The van der Waals surface area contributed by atoms with Crippen LogP contribution in [0.2, 0.25) is 0 Å². The Balaban J connectivity index is 1.58. The predicted molar refractivity (Wildman–Crippen MR) is 99.4 cm³/mol. The van der Waals surface area contributed by atoms with Crippen molar-refractivity contribution in [2.75, 3.05) is 7.05 Å². The van der Waals surface area contributed by atoms with Gasteiger partial charge in [0.2, 0.25) is 5.91 Å². The highest BCUT2D eigenvalue weighted by atomic mass is 16.5. The van der Waals surface area contributed by atoms with Gasteiger partial charge in [0.25, 0.3) is 0 Å². The number of rotatable bonds is 6. The van der Waals surface area contributed by atoms with Gasteiger partial charge >= 0.3 is 0 Å². The summed E-state index contributed by atoms with van der Waals surface area (Å²) >= 11 is 0. The van der Waals surface area contributed by atoms with Gasteiger partial charge in [-0.3, -0.25) is 9.48 Å². The molecule has 6 heteroatoms. The molecule has 0 aliphatic rings. The van der Waals surface area contributed by atoms with Crippen LogP contribution in [-0.2, 0) is 24.8 Å². The molecule has 0 aliphatic heterocycles. The van der Waals surface area contributed by atoms with Crippen LogP contribution in [0.4, 0.5) is 0 Å². The van der Waals surface area contributed by atoms with Crippen molar-refractivity contribution < 1.29 is 9.32 Å². The van der Waals surface area contributed by atoms with E-state index in [0.717, 1.165) is 28.2 Å². The number of amides is 1. The first kappa shape index (κ1) is 17.9. The third-order valence-corrected chi connectivity index (χ3v) is 4.70. The minimum absolute atomic E-state index is 0.0744. The predicted octanol–water partition coefficient (Wildman–Crippen LogP) is 3.28. The molecule has 0 saturated heterocycles. The molecule has 0 atom stereocenters. The first-order chi connectivity index (χ1) is 12.5. The second-order valence-corrected chi connectivity index (χ2v) is 6.57. The van der Waals surface area contributed by atoms with Crippen molar-refractivity contribution in [2.24, 2.45) is 7.05 Å². The molecular formula is C20H24N4O2. The lowest BCUT2D eigenvalue weighted by atomic mass is 10.1. The summed E-state index contributed by atoms with van der Waals surface area (Å²) in [5, 5.41) is 8.50. The summed E-state index contributed by atoms with van der Waals surface area (Å²) in [6.07, 6.45) is 1.14. The van der Waals surface area contributed by atoms with Crippen molar-refractivity contribution in [3.8, 4) is 11.3 Å². The maximum atomic E-state index is 12.5. The summed E-state index contributed by atoms with van der Waals surface area (Å²) in [5.41, 5.74) is 5.03. The largest absolute Gasteiger partial charge is 0.359 e. The quantitative estimate of drug-likeness (QED) is 0.683. The molecule has 0 radical (unpaired) electrons. The van der Waals surface area contributed by atoms with Crippen molar-refractivity contribution in [3.05, 3.63) is 59.1 Å². The fraction of sp³-hybridized carbons (Fsp3) is 0.350.